The molecule has 0 saturated heterocycles. The molecule has 8 nitrogen and oxygen atoms in total. The quantitative estimate of drug-likeness (QED) is 0.154. The van der Waals surface area contributed by atoms with E-state index >= 15 is 0 Å². The van der Waals surface area contributed by atoms with Crippen LogP contribution in [-0.4, -0.2) is 46.1 Å². The Kier molecular flexibility index (Phi) is 8.46. The topological polar surface area (TPSA) is 104 Å². The summed E-state index contributed by atoms with van der Waals surface area (Å²) >= 11 is 0. The van der Waals surface area contributed by atoms with Crippen LogP contribution in [0.2, 0.25) is 0 Å². The molecule has 0 aliphatic rings. The molecule has 0 fully saturated rings. The van der Waals surface area contributed by atoms with Gasteiger partial charge in [-0.05, 0) is 59.7 Å². The molecule has 0 bridgehead atoms. The molecule has 0 N–H and O–H groups in total. The lowest BCUT2D eigenvalue weighted by Gasteiger charge is -2.13. The standard InChI is InChI=1S/C44H30N4O4/c1-51-43(49)33-17-9-15-31(23-33)41-39(27-11-5-3-6-12-27)45-35-21-19-29(25-37(35)47-41)30-20-22-36-38(26-30)48-42(40(46-36)28-13-7-4-8-14-28)32-16-10-18-34(24-32)44(50)52-2/h3-26H,1-2H3. The predicted molar refractivity (Wildman–Crippen MR) is 202 cm³/mol. The van der Waals surface area contributed by atoms with Gasteiger partial charge in [-0.25, -0.2) is 29.5 Å². The van der Waals surface area contributed by atoms with Gasteiger partial charge in [-0.3, -0.25) is 0 Å². The Bertz CT molecular complexity index is 2460. The zero-order valence-corrected chi connectivity index (χ0v) is 28.3. The van der Waals surface area contributed by atoms with Crippen molar-refractivity contribution in [2.24, 2.45) is 0 Å². The monoisotopic (exact) mass is 678 g/mol. The van der Waals surface area contributed by atoms with Crippen molar-refractivity contribution in [3.8, 4) is 56.2 Å². The first-order valence-corrected chi connectivity index (χ1v) is 16.6. The molecule has 2 heterocycles. The highest BCUT2D eigenvalue weighted by atomic mass is 16.5. The maximum Gasteiger partial charge on any atom is 0.337 e. The van der Waals surface area contributed by atoms with E-state index in [0.29, 0.717) is 44.9 Å². The summed E-state index contributed by atoms with van der Waals surface area (Å²) < 4.78 is 9.97. The normalized spacial score (nSPS) is 11.0. The second kappa shape index (κ2) is 13.7. The lowest BCUT2D eigenvalue weighted by atomic mass is 10.00. The zero-order valence-electron chi connectivity index (χ0n) is 28.3. The minimum absolute atomic E-state index is 0.422. The van der Waals surface area contributed by atoms with E-state index in [2.05, 4.69) is 0 Å². The second-order valence-electron chi connectivity index (χ2n) is 12.1. The molecule has 6 aromatic carbocycles. The molecule has 0 atom stereocenters. The maximum absolute atomic E-state index is 12.4. The number of carbonyl (C=O) groups is 2. The molecule has 2 aromatic heterocycles. The van der Waals surface area contributed by atoms with Crippen molar-refractivity contribution in [1.82, 2.24) is 19.9 Å². The van der Waals surface area contributed by atoms with Crippen LogP contribution >= 0.6 is 0 Å². The summed E-state index contributed by atoms with van der Waals surface area (Å²) in [6.45, 7) is 0. The summed E-state index contributed by atoms with van der Waals surface area (Å²) in [5.41, 5.74) is 11.6. The summed E-state index contributed by atoms with van der Waals surface area (Å²) in [5.74, 6) is -0.845. The molecule has 8 heteroatoms. The van der Waals surface area contributed by atoms with E-state index < -0.39 is 11.9 Å². The van der Waals surface area contributed by atoms with Gasteiger partial charge in [0.15, 0.2) is 0 Å². The molecular weight excluding hydrogens is 649 g/mol. The Morgan fingerprint density at radius 3 is 1.13 bits per heavy atom. The second-order valence-corrected chi connectivity index (χ2v) is 12.1. The van der Waals surface area contributed by atoms with Gasteiger partial charge < -0.3 is 9.47 Å². The van der Waals surface area contributed by atoms with Crippen LogP contribution in [0.1, 0.15) is 20.7 Å². The molecule has 0 aliphatic heterocycles. The summed E-state index contributed by atoms with van der Waals surface area (Å²) in [7, 11) is 2.73. The number of nitrogens with zero attached hydrogens (tertiary/aromatic N) is 4. The third-order valence-corrected chi connectivity index (χ3v) is 8.87. The van der Waals surface area contributed by atoms with Crippen LogP contribution < -0.4 is 0 Å². The highest BCUT2D eigenvalue weighted by Gasteiger charge is 2.18. The van der Waals surface area contributed by atoms with E-state index in [1.807, 2.05) is 121 Å². The van der Waals surface area contributed by atoms with Crippen LogP contribution in [0, 0.1) is 0 Å². The largest absolute Gasteiger partial charge is 0.465 e. The summed E-state index contributed by atoms with van der Waals surface area (Å²) in [6, 6.07) is 46.2. The minimum Gasteiger partial charge on any atom is -0.465 e. The fourth-order valence-corrected chi connectivity index (χ4v) is 6.29. The van der Waals surface area contributed by atoms with Gasteiger partial charge in [0.1, 0.15) is 0 Å². The average Bonchev–Trinajstić information content (AvgIpc) is 3.22. The maximum atomic E-state index is 12.4. The first kappa shape index (κ1) is 32.2. The summed E-state index contributed by atoms with van der Waals surface area (Å²) in [6.07, 6.45) is 0. The van der Waals surface area contributed by atoms with E-state index in [1.54, 1.807) is 24.3 Å². The molecule has 0 aliphatic carbocycles. The van der Waals surface area contributed by atoms with Crippen molar-refractivity contribution in [1.29, 1.82) is 0 Å². The molecule has 0 spiro atoms. The van der Waals surface area contributed by atoms with Crippen molar-refractivity contribution in [3.63, 3.8) is 0 Å². The molecule has 52 heavy (non-hydrogen) atoms. The molecule has 0 unspecified atom stereocenters. The van der Waals surface area contributed by atoms with Gasteiger partial charge in [0, 0.05) is 22.3 Å². The third-order valence-electron chi connectivity index (χ3n) is 8.87. The number of fused-ring (bicyclic) bond motifs is 2. The Labute approximate surface area is 299 Å². The third kappa shape index (κ3) is 6.14. The van der Waals surface area contributed by atoms with E-state index in [1.165, 1.54) is 14.2 Å². The number of aromatic nitrogens is 4. The summed E-state index contributed by atoms with van der Waals surface area (Å²) in [4.78, 5) is 45.3. The van der Waals surface area contributed by atoms with Gasteiger partial charge in [0.2, 0.25) is 0 Å². The molecule has 0 amide bonds. The molecule has 0 radical (unpaired) electrons. The Hall–Kier alpha value is -7.06. The Morgan fingerprint density at radius 2 is 0.731 bits per heavy atom. The highest BCUT2D eigenvalue weighted by Crippen LogP contribution is 2.35. The van der Waals surface area contributed by atoms with Crippen molar-refractivity contribution in [2.45, 2.75) is 0 Å². The van der Waals surface area contributed by atoms with Gasteiger partial charge in [0.25, 0.3) is 0 Å². The SMILES string of the molecule is COC(=O)c1cccc(-c2nc3cc(-c4ccc5nc(-c6ccccc6)c(-c6cccc(C(=O)OC)c6)nc5c4)ccc3nc2-c2ccccc2)c1. The lowest BCUT2D eigenvalue weighted by Crippen LogP contribution is -2.02. The highest BCUT2D eigenvalue weighted by molar-refractivity contribution is 5.95. The minimum atomic E-state index is -0.422. The molecule has 8 aromatic rings. The van der Waals surface area contributed by atoms with Gasteiger partial charge in [-0.1, -0.05) is 97.1 Å². The smallest absolute Gasteiger partial charge is 0.337 e. The fraction of sp³-hybridized carbons (Fsp3) is 0.0455. The van der Waals surface area contributed by atoms with Crippen LogP contribution in [0.25, 0.3) is 78.2 Å². The first-order chi connectivity index (χ1) is 25.5. The fourth-order valence-electron chi connectivity index (χ4n) is 6.29. The first-order valence-electron chi connectivity index (χ1n) is 16.6. The summed E-state index contributed by atoms with van der Waals surface area (Å²) in [5, 5.41) is 0. The number of carbonyl (C=O) groups excluding carboxylic acids is 2. The van der Waals surface area contributed by atoms with Crippen LogP contribution in [0.15, 0.2) is 146 Å². The van der Waals surface area contributed by atoms with E-state index in [-0.39, 0.29) is 0 Å². The number of hydrogen-bond acceptors (Lipinski definition) is 8. The number of esters is 2. The van der Waals surface area contributed by atoms with Crippen molar-refractivity contribution in [2.75, 3.05) is 14.2 Å². The van der Waals surface area contributed by atoms with Gasteiger partial charge in [-0.2, -0.15) is 0 Å². The van der Waals surface area contributed by atoms with E-state index in [9.17, 15) is 9.59 Å². The van der Waals surface area contributed by atoms with Crippen molar-refractivity contribution >= 4 is 34.0 Å². The Balaban J connectivity index is 1.27. The van der Waals surface area contributed by atoms with E-state index in [0.717, 1.165) is 44.4 Å². The number of ether oxygens (including phenoxy) is 2. The Morgan fingerprint density at radius 1 is 0.365 bits per heavy atom. The molecular formula is C44H30N4O4. The van der Waals surface area contributed by atoms with Crippen molar-refractivity contribution in [3.05, 3.63) is 157 Å². The predicted octanol–water partition coefficient (Wildman–Crippen LogP) is 9.48. The average molecular weight is 679 g/mol. The van der Waals surface area contributed by atoms with Gasteiger partial charge >= 0.3 is 11.9 Å². The van der Waals surface area contributed by atoms with Crippen LogP contribution in [0.4, 0.5) is 0 Å². The van der Waals surface area contributed by atoms with Gasteiger partial charge in [0.05, 0.1) is 70.2 Å². The molecule has 8 rings (SSSR count). The van der Waals surface area contributed by atoms with Crippen LogP contribution in [-0.2, 0) is 9.47 Å². The van der Waals surface area contributed by atoms with Crippen molar-refractivity contribution < 1.29 is 19.1 Å². The number of methoxy groups -OCH3 is 2. The molecule has 0 saturated carbocycles. The number of rotatable bonds is 7. The molecule has 250 valence electrons. The van der Waals surface area contributed by atoms with E-state index in [4.69, 9.17) is 29.4 Å². The van der Waals surface area contributed by atoms with Gasteiger partial charge in [-0.15, -0.1) is 0 Å². The zero-order chi connectivity index (χ0) is 35.6. The van der Waals surface area contributed by atoms with Crippen LogP contribution in [0.5, 0.6) is 0 Å². The number of benzene rings is 6. The number of hydrogen-bond donors (Lipinski definition) is 0. The van der Waals surface area contributed by atoms with Crippen LogP contribution in [0.3, 0.4) is 0 Å². The lowest BCUT2D eigenvalue weighted by molar-refractivity contribution is 0.0592.